The van der Waals surface area contributed by atoms with Crippen molar-refractivity contribution >= 4 is 11.6 Å². The molecule has 2 aromatic heterocycles. The lowest BCUT2D eigenvalue weighted by Crippen LogP contribution is -2.25. The molecule has 2 aromatic rings. The molecule has 0 bridgehead atoms. The fraction of sp³-hybridized carbons (Fsp3) is 0.462. The zero-order valence-corrected chi connectivity index (χ0v) is 10.7. The van der Waals surface area contributed by atoms with Crippen molar-refractivity contribution in [2.45, 2.75) is 32.6 Å². The van der Waals surface area contributed by atoms with Crippen molar-refractivity contribution in [1.82, 2.24) is 14.6 Å². The van der Waals surface area contributed by atoms with E-state index in [1.807, 2.05) is 0 Å². The maximum Gasteiger partial charge on any atom is 0.343 e. The second-order valence-corrected chi connectivity index (χ2v) is 4.62. The summed E-state index contributed by atoms with van der Waals surface area (Å²) >= 11 is 0. The van der Waals surface area contributed by atoms with Crippen molar-refractivity contribution in [3.8, 4) is 0 Å². The number of rotatable bonds is 2. The predicted octanol–water partition coefficient (Wildman–Crippen LogP) is 1.08. The van der Waals surface area contributed by atoms with Gasteiger partial charge in [0, 0.05) is 11.8 Å². The highest BCUT2D eigenvalue weighted by atomic mass is 16.5. The van der Waals surface area contributed by atoms with Gasteiger partial charge in [-0.15, -0.1) is 0 Å². The number of aryl methyl sites for hydroxylation is 1. The first-order valence-corrected chi connectivity index (χ1v) is 6.51. The van der Waals surface area contributed by atoms with Crippen LogP contribution in [-0.2, 0) is 17.6 Å². The largest absolute Gasteiger partial charge is 0.462 e. The van der Waals surface area contributed by atoms with Crippen molar-refractivity contribution < 1.29 is 9.53 Å². The number of aromatic amines is 1. The summed E-state index contributed by atoms with van der Waals surface area (Å²) in [5, 5.41) is 2.79. The monoisotopic (exact) mass is 261 g/mol. The standard InChI is InChI=1S/C13H15N3O3/c1-2-19-13(18)9-7-14-16-11(9)15-10-6-4-3-5-8(10)12(16)17/h7,14H,2-6H2,1H3. The van der Waals surface area contributed by atoms with Crippen LogP contribution < -0.4 is 5.56 Å². The predicted molar refractivity (Wildman–Crippen MR) is 68.4 cm³/mol. The van der Waals surface area contributed by atoms with Gasteiger partial charge in [0.2, 0.25) is 0 Å². The van der Waals surface area contributed by atoms with E-state index < -0.39 is 5.97 Å². The minimum Gasteiger partial charge on any atom is -0.462 e. The van der Waals surface area contributed by atoms with Crippen LogP contribution in [0.3, 0.4) is 0 Å². The average Bonchev–Trinajstić information content (AvgIpc) is 2.83. The van der Waals surface area contributed by atoms with E-state index in [1.54, 1.807) is 6.92 Å². The summed E-state index contributed by atoms with van der Waals surface area (Å²) in [6.07, 6.45) is 5.09. The average molecular weight is 261 g/mol. The Morgan fingerprint density at radius 2 is 2.26 bits per heavy atom. The Kier molecular flexibility index (Phi) is 2.85. The highest BCUT2D eigenvalue weighted by molar-refractivity contribution is 5.95. The van der Waals surface area contributed by atoms with E-state index in [0.717, 1.165) is 36.9 Å². The molecule has 6 nitrogen and oxygen atoms in total. The Labute approximate surface area is 109 Å². The molecule has 0 amide bonds. The molecule has 1 aliphatic rings. The minimum absolute atomic E-state index is 0.102. The number of ether oxygens (including phenoxy) is 1. The molecule has 3 rings (SSSR count). The molecule has 0 radical (unpaired) electrons. The van der Waals surface area contributed by atoms with Crippen LogP contribution in [0.1, 0.15) is 41.4 Å². The first kappa shape index (κ1) is 12.0. The normalized spacial score (nSPS) is 14.4. The third kappa shape index (κ3) is 1.83. The van der Waals surface area contributed by atoms with E-state index in [9.17, 15) is 9.59 Å². The first-order valence-electron chi connectivity index (χ1n) is 6.51. The van der Waals surface area contributed by atoms with Gasteiger partial charge in [-0.25, -0.2) is 14.3 Å². The van der Waals surface area contributed by atoms with E-state index in [-0.39, 0.29) is 5.56 Å². The summed E-state index contributed by atoms with van der Waals surface area (Å²) in [7, 11) is 0. The fourth-order valence-electron chi connectivity index (χ4n) is 2.51. The fourth-order valence-corrected chi connectivity index (χ4v) is 2.51. The summed E-state index contributed by atoms with van der Waals surface area (Å²) in [6.45, 7) is 2.04. The molecule has 100 valence electrons. The van der Waals surface area contributed by atoms with Gasteiger partial charge < -0.3 is 4.74 Å². The van der Waals surface area contributed by atoms with Gasteiger partial charge in [-0.3, -0.25) is 9.89 Å². The van der Waals surface area contributed by atoms with Crippen LogP contribution in [-0.4, -0.2) is 27.2 Å². The number of nitrogens with zero attached hydrogens (tertiary/aromatic N) is 2. The molecule has 0 atom stereocenters. The summed E-state index contributed by atoms with van der Waals surface area (Å²) in [5.41, 5.74) is 2.16. The summed E-state index contributed by atoms with van der Waals surface area (Å²) in [6, 6.07) is 0. The Morgan fingerprint density at radius 1 is 1.47 bits per heavy atom. The molecule has 0 saturated heterocycles. The summed E-state index contributed by atoms with van der Waals surface area (Å²) < 4.78 is 6.29. The van der Waals surface area contributed by atoms with E-state index in [0.29, 0.717) is 17.8 Å². The van der Waals surface area contributed by atoms with Crippen LogP contribution in [0, 0.1) is 0 Å². The van der Waals surface area contributed by atoms with Gasteiger partial charge in [-0.1, -0.05) is 0 Å². The number of hydrogen-bond acceptors (Lipinski definition) is 4. The van der Waals surface area contributed by atoms with Gasteiger partial charge in [0.05, 0.1) is 12.3 Å². The van der Waals surface area contributed by atoms with E-state index in [1.165, 1.54) is 10.7 Å². The SMILES string of the molecule is CCOC(=O)c1c[nH]n2c(=O)c3c(nc12)CCCC3. The van der Waals surface area contributed by atoms with Gasteiger partial charge in [-0.05, 0) is 32.6 Å². The molecule has 0 saturated carbocycles. The second kappa shape index (κ2) is 4.53. The van der Waals surface area contributed by atoms with Crippen molar-refractivity contribution in [2.75, 3.05) is 6.61 Å². The van der Waals surface area contributed by atoms with Crippen LogP contribution in [0.2, 0.25) is 0 Å². The van der Waals surface area contributed by atoms with Gasteiger partial charge in [0.1, 0.15) is 5.56 Å². The Bertz CT molecular complexity index is 699. The van der Waals surface area contributed by atoms with Crippen molar-refractivity contribution in [1.29, 1.82) is 0 Å². The number of nitrogens with one attached hydrogen (secondary N) is 1. The number of esters is 1. The molecular weight excluding hydrogens is 246 g/mol. The first-order chi connectivity index (χ1) is 9.22. The molecule has 19 heavy (non-hydrogen) atoms. The lowest BCUT2D eigenvalue weighted by Gasteiger charge is -2.13. The number of hydrogen-bond donors (Lipinski definition) is 1. The zero-order chi connectivity index (χ0) is 13.4. The molecule has 0 spiro atoms. The lowest BCUT2D eigenvalue weighted by molar-refractivity contribution is 0.0528. The van der Waals surface area contributed by atoms with Gasteiger partial charge in [-0.2, -0.15) is 0 Å². The minimum atomic E-state index is -0.455. The number of fused-ring (bicyclic) bond motifs is 2. The smallest absolute Gasteiger partial charge is 0.343 e. The maximum atomic E-state index is 12.3. The summed E-state index contributed by atoms with van der Waals surface area (Å²) in [4.78, 5) is 28.6. The van der Waals surface area contributed by atoms with Crippen LogP contribution in [0.4, 0.5) is 0 Å². The van der Waals surface area contributed by atoms with Crippen LogP contribution in [0.25, 0.3) is 5.65 Å². The van der Waals surface area contributed by atoms with Crippen LogP contribution in [0.5, 0.6) is 0 Å². The van der Waals surface area contributed by atoms with Gasteiger partial charge in [0.15, 0.2) is 5.65 Å². The molecule has 0 aliphatic heterocycles. The Morgan fingerprint density at radius 3 is 3.05 bits per heavy atom. The van der Waals surface area contributed by atoms with Crippen molar-refractivity contribution in [3.05, 3.63) is 33.4 Å². The molecule has 6 heteroatoms. The lowest BCUT2D eigenvalue weighted by atomic mass is 9.97. The highest BCUT2D eigenvalue weighted by Crippen LogP contribution is 2.18. The van der Waals surface area contributed by atoms with Gasteiger partial charge in [0.25, 0.3) is 5.56 Å². The zero-order valence-electron chi connectivity index (χ0n) is 10.7. The number of H-pyrrole nitrogens is 1. The summed E-state index contributed by atoms with van der Waals surface area (Å²) in [5.74, 6) is -0.455. The Balaban J connectivity index is 2.21. The maximum absolute atomic E-state index is 12.3. The number of aromatic nitrogens is 3. The molecule has 0 aromatic carbocycles. The van der Waals surface area contributed by atoms with E-state index in [4.69, 9.17) is 4.74 Å². The molecular formula is C13H15N3O3. The molecule has 0 unspecified atom stereocenters. The van der Waals surface area contributed by atoms with Gasteiger partial charge >= 0.3 is 5.97 Å². The number of carbonyl (C=O) groups excluding carboxylic acids is 1. The van der Waals surface area contributed by atoms with Crippen LogP contribution >= 0.6 is 0 Å². The van der Waals surface area contributed by atoms with Crippen molar-refractivity contribution in [2.24, 2.45) is 0 Å². The van der Waals surface area contributed by atoms with Crippen LogP contribution in [0.15, 0.2) is 11.0 Å². The van der Waals surface area contributed by atoms with E-state index in [2.05, 4.69) is 10.1 Å². The number of carbonyl (C=O) groups is 1. The highest BCUT2D eigenvalue weighted by Gasteiger charge is 2.21. The topological polar surface area (TPSA) is 76.5 Å². The van der Waals surface area contributed by atoms with Crippen molar-refractivity contribution in [3.63, 3.8) is 0 Å². The molecule has 1 aliphatic carbocycles. The molecule has 1 N–H and O–H groups in total. The molecule has 2 heterocycles. The van der Waals surface area contributed by atoms with E-state index >= 15 is 0 Å². The Hall–Kier alpha value is -2.11. The quantitative estimate of drug-likeness (QED) is 0.821. The third-order valence-corrected chi connectivity index (χ3v) is 3.43. The second-order valence-electron chi connectivity index (χ2n) is 4.62. The molecule has 0 fully saturated rings. The third-order valence-electron chi connectivity index (χ3n) is 3.43.